The molecule has 42 heavy (non-hydrogen) atoms. The lowest BCUT2D eigenvalue weighted by Gasteiger charge is -2.46. The number of ether oxygens (including phenoxy) is 1. The second-order valence-electron chi connectivity index (χ2n) is 12.5. The Balaban J connectivity index is 1.36. The number of aromatic nitrogens is 2. The van der Waals surface area contributed by atoms with Crippen molar-refractivity contribution in [2.45, 2.75) is 64.0 Å². The molecule has 2 aliphatic heterocycles. The number of rotatable bonds is 6. The summed E-state index contributed by atoms with van der Waals surface area (Å²) in [6.07, 6.45) is 6.74. The molecule has 220 valence electrons. The van der Waals surface area contributed by atoms with E-state index in [9.17, 15) is 14.9 Å². The number of piperazine rings is 1. The van der Waals surface area contributed by atoms with Crippen LogP contribution >= 0.6 is 0 Å². The van der Waals surface area contributed by atoms with Crippen LogP contribution in [-0.2, 0) is 24.1 Å². The van der Waals surface area contributed by atoms with Crippen LogP contribution in [0.3, 0.4) is 0 Å². The molecule has 9 heteroatoms. The molecule has 3 heterocycles. The van der Waals surface area contributed by atoms with E-state index in [1.54, 1.807) is 4.90 Å². The Morgan fingerprint density at radius 1 is 1.21 bits per heavy atom. The summed E-state index contributed by atoms with van der Waals surface area (Å²) >= 11 is 0. The summed E-state index contributed by atoms with van der Waals surface area (Å²) in [5.41, 5.74) is 3.42. The number of benzene rings is 1. The molecule has 2 fully saturated rings. The van der Waals surface area contributed by atoms with Crippen LogP contribution in [0.5, 0.6) is 6.01 Å². The molecular formula is C33H40N6O3. The Morgan fingerprint density at radius 2 is 2.02 bits per heavy atom. The van der Waals surface area contributed by atoms with Crippen LogP contribution in [0, 0.1) is 22.7 Å². The lowest BCUT2D eigenvalue weighted by atomic mass is 9.58. The SMILES string of the molecule is C=CC(=O)N1CCN(c2nc(OCC3CCCN3C)nc3c2CCC2(Cc4ccccc4CC2C)C3=O)CC1CC#N. The Hall–Kier alpha value is -3.77. The number of nitriles is 1. The summed E-state index contributed by atoms with van der Waals surface area (Å²) < 4.78 is 6.24. The van der Waals surface area contributed by atoms with Gasteiger partial charge in [-0.3, -0.25) is 9.59 Å². The zero-order valence-corrected chi connectivity index (χ0v) is 24.7. The van der Waals surface area contributed by atoms with E-state index in [-0.39, 0.29) is 36.1 Å². The van der Waals surface area contributed by atoms with E-state index < -0.39 is 5.41 Å². The number of amides is 1. The fraction of sp³-hybridized carbons (Fsp3) is 0.545. The first-order chi connectivity index (χ1) is 20.3. The Kier molecular flexibility index (Phi) is 7.75. The minimum Gasteiger partial charge on any atom is -0.462 e. The zero-order chi connectivity index (χ0) is 29.4. The van der Waals surface area contributed by atoms with Crippen LogP contribution in [0.15, 0.2) is 36.9 Å². The molecule has 1 aromatic heterocycles. The number of carbonyl (C=O) groups is 2. The van der Waals surface area contributed by atoms with Gasteiger partial charge in [-0.2, -0.15) is 15.2 Å². The maximum absolute atomic E-state index is 14.6. The third kappa shape index (κ3) is 4.96. The quantitative estimate of drug-likeness (QED) is 0.487. The van der Waals surface area contributed by atoms with Gasteiger partial charge in [0.25, 0.3) is 0 Å². The van der Waals surface area contributed by atoms with Crippen LogP contribution in [0.2, 0.25) is 0 Å². The highest BCUT2D eigenvalue weighted by Gasteiger charge is 2.50. The Bertz CT molecular complexity index is 1440. The van der Waals surface area contributed by atoms with E-state index in [1.807, 2.05) is 0 Å². The fourth-order valence-corrected chi connectivity index (χ4v) is 7.60. The molecule has 4 unspecified atom stereocenters. The number of ketones is 1. The molecule has 6 rings (SSSR count). The first kappa shape index (κ1) is 28.4. The number of Topliss-reactive ketones (excluding diaryl/α,β-unsaturated/α-hetero) is 1. The van der Waals surface area contributed by atoms with Crippen molar-refractivity contribution in [1.29, 1.82) is 5.26 Å². The van der Waals surface area contributed by atoms with Crippen molar-refractivity contribution >= 4 is 17.5 Å². The van der Waals surface area contributed by atoms with E-state index in [2.05, 4.69) is 60.7 Å². The number of fused-ring (bicyclic) bond motifs is 2. The van der Waals surface area contributed by atoms with Crippen molar-refractivity contribution < 1.29 is 14.3 Å². The molecule has 4 aliphatic rings. The van der Waals surface area contributed by atoms with Gasteiger partial charge < -0.3 is 19.4 Å². The van der Waals surface area contributed by atoms with Gasteiger partial charge in [0, 0.05) is 36.7 Å². The molecule has 1 spiro atoms. The van der Waals surface area contributed by atoms with Crippen molar-refractivity contribution in [3.05, 3.63) is 59.3 Å². The molecule has 0 radical (unpaired) electrons. The smallest absolute Gasteiger partial charge is 0.319 e. The summed E-state index contributed by atoms with van der Waals surface area (Å²) in [5.74, 6) is 0.811. The van der Waals surface area contributed by atoms with Crippen molar-refractivity contribution in [3.63, 3.8) is 0 Å². The summed E-state index contributed by atoms with van der Waals surface area (Å²) in [7, 11) is 2.11. The fourth-order valence-electron chi connectivity index (χ4n) is 7.60. The van der Waals surface area contributed by atoms with E-state index in [4.69, 9.17) is 14.7 Å². The van der Waals surface area contributed by atoms with Gasteiger partial charge in [-0.1, -0.05) is 37.8 Å². The largest absolute Gasteiger partial charge is 0.462 e. The third-order valence-electron chi connectivity index (χ3n) is 10.2. The summed E-state index contributed by atoms with van der Waals surface area (Å²) in [6.45, 7) is 8.79. The van der Waals surface area contributed by atoms with Gasteiger partial charge in [0.1, 0.15) is 18.1 Å². The predicted molar refractivity (Wildman–Crippen MR) is 159 cm³/mol. The second kappa shape index (κ2) is 11.5. The average molecular weight is 569 g/mol. The number of anilines is 1. The highest BCUT2D eigenvalue weighted by atomic mass is 16.5. The number of hydrogen-bond donors (Lipinski definition) is 0. The molecule has 0 N–H and O–H groups in total. The monoisotopic (exact) mass is 568 g/mol. The summed E-state index contributed by atoms with van der Waals surface area (Å²) in [5, 5.41) is 9.52. The molecule has 2 aromatic rings. The summed E-state index contributed by atoms with van der Waals surface area (Å²) in [6, 6.07) is 10.9. The number of carbonyl (C=O) groups excluding carboxylic acids is 2. The Morgan fingerprint density at radius 3 is 2.76 bits per heavy atom. The van der Waals surface area contributed by atoms with Gasteiger partial charge in [0.05, 0.1) is 18.5 Å². The minimum absolute atomic E-state index is 0.0892. The number of hydrogen-bond acceptors (Lipinski definition) is 8. The van der Waals surface area contributed by atoms with Crippen LogP contribution in [0.1, 0.15) is 59.8 Å². The van der Waals surface area contributed by atoms with Crippen LogP contribution < -0.4 is 9.64 Å². The molecule has 9 nitrogen and oxygen atoms in total. The summed E-state index contributed by atoms with van der Waals surface area (Å²) in [4.78, 5) is 43.0. The average Bonchev–Trinajstić information content (AvgIpc) is 3.42. The molecule has 0 saturated carbocycles. The molecule has 0 bridgehead atoms. The second-order valence-corrected chi connectivity index (χ2v) is 12.5. The predicted octanol–water partition coefficient (Wildman–Crippen LogP) is 3.62. The topological polar surface area (TPSA) is 103 Å². The number of likely N-dealkylation sites (N-methyl/N-ethyl adjacent to an activating group) is 1. The molecule has 2 saturated heterocycles. The molecule has 1 amide bonds. The third-order valence-corrected chi connectivity index (χ3v) is 10.2. The van der Waals surface area contributed by atoms with Crippen LogP contribution in [0.25, 0.3) is 0 Å². The van der Waals surface area contributed by atoms with Crippen molar-refractivity contribution in [1.82, 2.24) is 19.8 Å². The first-order valence-electron chi connectivity index (χ1n) is 15.2. The number of likely N-dealkylation sites (tertiary alicyclic amines) is 1. The van der Waals surface area contributed by atoms with Crippen molar-refractivity contribution in [2.75, 3.05) is 44.7 Å². The maximum atomic E-state index is 14.6. The van der Waals surface area contributed by atoms with Gasteiger partial charge in [-0.25, -0.2) is 0 Å². The van der Waals surface area contributed by atoms with E-state index >= 15 is 0 Å². The lowest BCUT2D eigenvalue weighted by Crippen LogP contribution is -2.55. The van der Waals surface area contributed by atoms with Crippen molar-refractivity contribution in [2.24, 2.45) is 11.3 Å². The molecular weight excluding hydrogens is 528 g/mol. The normalized spacial score (nSPS) is 27.4. The standard InChI is InChI=1S/C33H40N6O3/c1-4-28(40)39-17-16-38(20-25(39)12-14-34)31-27-11-13-33(19-24-9-6-5-8-23(24)18-22(33)2)30(41)29(27)35-32(36-31)42-21-26-10-7-15-37(26)3/h4-6,8-9,22,25-26H,1,7,10-13,15-21H2,2-3H3. The molecule has 2 aliphatic carbocycles. The van der Waals surface area contributed by atoms with E-state index in [0.29, 0.717) is 50.2 Å². The Labute approximate surface area is 248 Å². The highest BCUT2D eigenvalue weighted by Crippen LogP contribution is 2.49. The number of nitrogens with zero attached hydrogens (tertiary/aromatic N) is 6. The van der Waals surface area contributed by atoms with Gasteiger partial charge >= 0.3 is 6.01 Å². The van der Waals surface area contributed by atoms with Gasteiger partial charge in [-0.05, 0) is 75.2 Å². The van der Waals surface area contributed by atoms with Crippen molar-refractivity contribution in [3.8, 4) is 12.1 Å². The van der Waals surface area contributed by atoms with Crippen LogP contribution in [-0.4, -0.2) is 83.4 Å². The maximum Gasteiger partial charge on any atom is 0.319 e. The minimum atomic E-state index is -0.506. The zero-order valence-electron chi connectivity index (χ0n) is 24.7. The molecule has 1 aromatic carbocycles. The highest BCUT2D eigenvalue weighted by molar-refractivity contribution is 6.03. The van der Waals surface area contributed by atoms with E-state index in [1.165, 1.54) is 17.2 Å². The molecule has 4 atom stereocenters. The lowest BCUT2D eigenvalue weighted by molar-refractivity contribution is -0.128. The first-order valence-corrected chi connectivity index (χ1v) is 15.2. The van der Waals surface area contributed by atoms with Gasteiger partial charge in [0.2, 0.25) is 5.91 Å². The van der Waals surface area contributed by atoms with Gasteiger partial charge in [-0.15, -0.1) is 0 Å². The van der Waals surface area contributed by atoms with Crippen LogP contribution in [0.4, 0.5) is 5.82 Å². The van der Waals surface area contributed by atoms with E-state index in [0.717, 1.165) is 44.2 Å². The van der Waals surface area contributed by atoms with Gasteiger partial charge in [0.15, 0.2) is 5.78 Å².